The molecular formula is C11H18ClN5. The molecule has 1 fully saturated rings. The van der Waals surface area contributed by atoms with Crippen LogP contribution in [0.15, 0.2) is 0 Å². The van der Waals surface area contributed by atoms with Gasteiger partial charge in [0.2, 0.25) is 17.2 Å². The highest BCUT2D eigenvalue weighted by atomic mass is 35.5. The summed E-state index contributed by atoms with van der Waals surface area (Å²) in [7, 11) is 0. The molecule has 0 amide bonds. The maximum atomic E-state index is 5.91. The zero-order valence-electron chi connectivity index (χ0n) is 10.3. The quantitative estimate of drug-likeness (QED) is 0.897. The second kappa shape index (κ2) is 5.49. The molecule has 0 saturated carbocycles. The van der Waals surface area contributed by atoms with Crippen molar-refractivity contribution in [3.63, 3.8) is 0 Å². The maximum Gasteiger partial charge on any atom is 0.231 e. The van der Waals surface area contributed by atoms with Crippen LogP contribution >= 0.6 is 11.6 Å². The molecule has 0 aliphatic carbocycles. The number of aromatic nitrogens is 3. The Morgan fingerprint density at radius 3 is 2.94 bits per heavy atom. The van der Waals surface area contributed by atoms with Gasteiger partial charge in [0.1, 0.15) is 0 Å². The first-order valence-electron chi connectivity index (χ1n) is 6.09. The lowest BCUT2D eigenvalue weighted by Gasteiger charge is -2.30. The number of piperidine rings is 1. The molecule has 0 aromatic carbocycles. The highest BCUT2D eigenvalue weighted by Gasteiger charge is 2.19. The molecule has 0 radical (unpaired) electrons. The molecule has 17 heavy (non-hydrogen) atoms. The van der Waals surface area contributed by atoms with Crippen molar-refractivity contribution in [3.8, 4) is 0 Å². The van der Waals surface area contributed by atoms with Gasteiger partial charge in [0.05, 0.1) is 0 Å². The van der Waals surface area contributed by atoms with Gasteiger partial charge in [0, 0.05) is 19.6 Å². The van der Waals surface area contributed by atoms with Crippen molar-refractivity contribution in [2.24, 2.45) is 5.92 Å². The molecule has 5 nitrogen and oxygen atoms in total. The normalized spacial score (nSPS) is 20.4. The number of nitrogens with zero attached hydrogens (tertiary/aromatic N) is 4. The lowest BCUT2D eigenvalue weighted by molar-refractivity contribution is 0.442. The van der Waals surface area contributed by atoms with Gasteiger partial charge in [0.25, 0.3) is 0 Å². The third-order valence-electron chi connectivity index (χ3n) is 2.87. The number of halogens is 1. The molecule has 1 saturated heterocycles. The fourth-order valence-corrected chi connectivity index (χ4v) is 2.24. The van der Waals surface area contributed by atoms with Gasteiger partial charge in [-0.05, 0) is 37.3 Å². The molecule has 1 aliphatic heterocycles. The van der Waals surface area contributed by atoms with E-state index in [0.717, 1.165) is 19.6 Å². The Morgan fingerprint density at radius 2 is 2.24 bits per heavy atom. The molecule has 94 valence electrons. The van der Waals surface area contributed by atoms with Gasteiger partial charge in [-0.25, -0.2) is 0 Å². The second-order valence-corrected chi connectivity index (χ2v) is 4.79. The van der Waals surface area contributed by atoms with Gasteiger partial charge in [-0.15, -0.1) is 0 Å². The zero-order chi connectivity index (χ0) is 12.3. The van der Waals surface area contributed by atoms with Crippen molar-refractivity contribution in [1.29, 1.82) is 0 Å². The van der Waals surface area contributed by atoms with Crippen molar-refractivity contribution in [2.45, 2.75) is 26.7 Å². The lowest BCUT2D eigenvalue weighted by Crippen LogP contribution is -2.35. The van der Waals surface area contributed by atoms with Crippen LogP contribution in [0.2, 0.25) is 5.28 Å². The molecule has 1 aromatic rings. The third kappa shape index (κ3) is 3.19. The molecule has 0 bridgehead atoms. The second-order valence-electron chi connectivity index (χ2n) is 4.45. The van der Waals surface area contributed by atoms with E-state index in [0.29, 0.717) is 17.8 Å². The number of hydrogen-bond donors (Lipinski definition) is 1. The van der Waals surface area contributed by atoms with Gasteiger partial charge in [-0.1, -0.05) is 6.92 Å². The molecule has 6 heteroatoms. The Bertz CT molecular complexity index is 384. The predicted molar refractivity (Wildman–Crippen MR) is 69.6 cm³/mol. The van der Waals surface area contributed by atoms with E-state index < -0.39 is 0 Å². The molecule has 1 N–H and O–H groups in total. The van der Waals surface area contributed by atoms with Gasteiger partial charge in [-0.2, -0.15) is 15.0 Å². The average Bonchev–Trinajstić information content (AvgIpc) is 2.28. The molecule has 1 unspecified atom stereocenters. The van der Waals surface area contributed by atoms with E-state index in [1.54, 1.807) is 0 Å². The van der Waals surface area contributed by atoms with E-state index in [-0.39, 0.29) is 5.28 Å². The first kappa shape index (κ1) is 12.4. The molecular weight excluding hydrogens is 238 g/mol. The summed E-state index contributed by atoms with van der Waals surface area (Å²) in [5.74, 6) is 1.93. The first-order valence-corrected chi connectivity index (χ1v) is 6.47. The number of rotatable bonds is 3. The van der Waals surface area contributed by atoms with E-state index >= 15 is 0 Å². The van der Waals surface area contributed by atoms with E-state index in [2.05, 4.69) is 32.1 Å². The Labute approximate surface area is 107 Å². The van der Waals surface area contributed by atoms with E-state index in [1.807, 2.05) is 6.92 Å². The summed E-state index contributed by atoms with van der Waals surface area (Å²) >= 11 is 5.91. The summed E-state index contributed by atoms with van der Waals surface area (Å²) in [5, 5.41) is 3.32. The van der Waals surface area contributed by atoms with Crippen LogP contribution < -0.4 is 10.2 Å². The third-order valence-corrected chi connectivity index (χ3v) is 3.04. The summed E-state index contributed by atoms with van der Waals surface area (Å²) in [4.78, 5) is 14.8. The highest BCUT2D eigenvalue weighted by molar-refractivity contribution is 6.28. The number of hydrogen-bond acceptors (Lipinski definition) is 5. The molecule has 1 aromatic heterocycles. The van der Waals surface area contributed by atoms with Gasteiger partial charge >= 0.3 is 0 Å². The van der Waals surface area contributed by atoms with Gasteiger partial charge in [0.15, 0.2) is 0 Å². The minimum atomic E-state index is 0.254. The molecule has 0 spiro atoms. The standard InChI is InChI=1S/C11H18ClN5/c1-3-13-10-14-9(12)15-11(16-10)17-6-4-5-8(2)7-17/h8H,3-7H2,1-2H3,(H,13,14,15,16). The molecule has 1 aliphatic rings. The van der Waals surface area contributed by atoms with Gasteiger partial charge in [-0.3, -0.25) is 0 Å². The number of nitrogens with one attached hydrogen (secondary N) is 1. The van der Waals surface area contributed by atoms with Crippen LogP contribution in [-0.4, -0.2) is 34.6 Å². The van der Waals surface area contributed by atoms with Crippen molar-refractivity contribution in [2.75, 3.05) is 29.9 Å². The smallest absolute Gasteiger partial charge is 0.231 e. The van der Waals surface area contributed by atoms with Crippen LogP contribution in [0.25, 0.3) is 0 Å². The van der Waals surface area contributed by atoms with Crippen LogP contribution in [0.1, 0.15) is 26.7 Å². The first-order chi connectivity index (χ1) is 8.19. The average molecular weight is 256 g/mol. The largest absolute Gasteiger partial charge is 0.354 e. The zero-order valence-corrected chi connectivity index (χ0v) is 11.0. The molecule has 1 atom stereocenters. The summed E-state index contributed by atoms with van der Waals surface area (Å²) in [6, 6.07) is 0. The minimum absolute atomic E-state index is 0.254. The minimum Gasteiger partial charge on any atom is -0.354 e. The fraction of sp³-hybridized carbons (Fsp3) is 0.727. The van der Waals surface area contributed by atoms with E-state index in [4.69, 9.17) is 11.6 Å². The highest BCUT2D eigenvalue weighted by Crippen LogP contribution is 2.21. The molecule has 2 heterocycles. The van der Waals surface area contributed by atoms with Crippen molar-refractivity contribution < 1.29 is 0 Å². The predicted octanol–water partition coefficient (Wildman–Crippen LogP) is 2.19. The van der Waals surface area contributed by atoms with Crippen molar-refractivity contribution >= 4 is 23.5 Å². The lowest BCUT2D eigenvalue weighted by atomic mass is 10.0. The summed E-state index contributed by atoms with van der Waals surface area (Å²) in [5.41, 5.74) is 0. The SMILES string of the molecule is CCNc1nc(Cl)nc(N2CCCC(C)C2)n1. The van der Waals surface area contributed by atoms with Crippen LogP contribution in [0.4, 0.5) is 11.9 Å². The topological polar surface area (TPSA) is 53.9 Å². The Kier molecular flexibility index (Phi) is 3.99. The van der Waals surface area contributed by atoms with E-state index in [1.165, 1.54) is 12.8 Å². The summed E-state index contributed by atoms with van der Waals surface area (Å²) in [6.45, 7) is 7.01. The summed E-state index contributed by atoms with van der Waals surface area (Å²) < 4.78 is 0. The van der Waals surface area contributed by atoms with Crippen molar-refractivity contribution in [3.05, 3.63) is 5.28 Å². The van der Waals surface area contributed by atoms with E-state index in [9.17, 15) is 0 Å². The number of anilines is 2. The van der Waals surface area contributed by atoms with Gasteiger partial charge < -0.3 is 10.2 Å². The van der Waals surface area contributed by atoms with Crippen molar-refractivity contribution in [1.82, 2.24) is 15.0 Å². The van der Waals surface area contributed by atoms with Crippen LogP contribution in [-0.2, 0) is 0 Å². The van der Waals surface area contributed by atoms with Crippen LogP contribution in [0.5, 0.6) is 0 Å². The van der Waals surface area contributed by atoms with Crippen LogP contribution in [0, 0.1) is 5.92 Å². The fourth-order valence-electron chi connectivity index (χ4n) is 2.09. The summed E-state index contributed by atoms with van der Waals surface area (Å²) in [6.07, 6.45) is 2.45. The maximum absolute atomic E-state index is 5.91. The monoisotopic (exact) mass is 255 g/mol. The Hall–Kier alpha value is -1.10. The molecule has 2 rings (SSSR count). The Balaban J connectivity index is 2.18. The Morgan fingerprint density at radius 1 is 1.41 bits per heavy atom. The van der Waals surface area contributed by atoms with Crippen LogP contribution in [0.3, 0.4) is 0 Å².